The van der Waals surface area contributed by atoms with E-state index in [1.807, 2.05) is 42.5 Å². The van der Waals surface area contributed by atoms with Gasteiger partial charge >= 0.3 is 10.1 Å². The summed E-state index contributed by atoms with van der Waals surface area (Å²) >= 11 is 0. The van der Waals surface area contributed by atoms with Gasteiger partial charge in [0.2, 0.25) is 5.09 Å². The Labute approximate surface area is 149 Å². The maximum Gasteiger partial charge on any atom is 0.328 e. The van der Waals surface area contributed by atoms with Crippen LogP contribution in [-0.4, -0.2) is 31.6 Å². The van der Waals surface area contributed by atoms with E-state index in [4.69, 9.17) is 8.97 Å². The van der Waals surface area contributed by atoms with E-state index in [2.05, 4.69) is 15.8 Å². The lowest BCUT2D eigenvalue weighted by Crippen LogP contribution is -2.25. The highest BCUT2D eigenvalue weighted by Crippen LogP contribution is 2.18. The highest BCUT2D eigenvalue weighted by atomic mass is 32.2. The number of rotatable bonds is 6. The zero-order valence-corrected chi connectivity index (χ0v) is 14.2. The highest BCUT2D eigenvalue weighted by molar-refractivity contribution is 7.85. The van der Waals surface area contributed by atoms with E-state index in [1.54, 1.807) is 0 Å². The molecule has 0 aliphatic rings. The predicted octanol–water partition coefficient (Wildman–Crippen LogP) is 2.24. The van der Waals surface area contributed by atoms with Crippen molar-refractivity contribution in [3.8, 4) is 0 Å². The lowest BCUT2D eigenvalue weighted by atomic mass is 10.1. The van der Waals surface area contributed by atoms with Crippen LogP contribution in [0, 0.1) is 0 Å². The average Bonchev–Trinajstić information content (AvgIpc) is 3.09. The zero-order valence-electron chi connectivity index (χ0n) is 13.4. The van der Waals surface area contributed by atoms with Crippen LogP contribution in [0.2, 0.25) is 0 Å². The number of anilines is 1. The van der Waals surface area contributed by atoms with Crippen LogP contribution >= 0.6 is 0 Å². The van der Waals surface area contributed by atoms with Crippen LogP contribution in [0.25, 0.3) is 10.8 Å². The second kappa shape index (κ2) is 7.38. The molecule has 134 valence electrons. The molecule has 0 aliphatic heterocycles. The van der Waals surface area contributed by atoms with Crippen molar-refractivity contribution in [2.75, 3.05) is 11.9 Å². The van der Waals surface area contributed by atoms with Crippen molar-refractivity contribution in [1.82, 2.24) is 5.43 Å². The van der Waals surface area contributed by atoms with Gasteiger partial charge in [0.1, 0.15) is 5.76 Å². The molecule has 0 radical (unpaired) electrons. The molecule has 0 atom stereocenters. The second-order valence-corrected chi connectivity index (χ2v) is 6.69. The van der Waals surface area contributed by atoms with Crippen molar-refractivity contribution in [3.63, 3.8) is 0 Å². The second-order valence-electron chi connectivity index (χ2n) is 5.34. The third-order valence-corrected chi connectivity index (χ3v) is 4.17. The topological polar surface area (TPSA) is 121 Å². The molecule has 0 fully saturated rings. The number of nitrogens with zero attached hydrogens (tertiary/aromatic N) is 1. The van der Waals surface area contributed by atoms with Gasteiger partial charge < -0.3 is 9.73 Å². The number of nitrogens with one attached hydrogen (secondary N) is 2. The minimum atomic E-state index is -4.40. The number of hydrazone groups is 1. The molecule has 26 heavy (non-hydrogen) atoms. The van der Waals surface area contributed by atoms with Crippen molar-refractivity contribution in [2.45, 2.75) is 5.09 Å². The van der Waals surface area contributed by atoms with Crippen LogP contribution < -0.4 is 10.7 Å². The molecular weight excluding hydrogens is 358 g/mol. The van der Waals surface area contributed by atoms with E-state index in [-0.39, 0.29) is 12.3 Å². The number of amides is 1. The third kappa shape index (κ3) is 4.47. The maximum atomic E-state index is 11.8. The largest absolute Gasteiger partial charge is 0.441 e. The summed E-state index contributed by atoms with van der Waals surface area (Å²) in [5.41, 5.74) is 3.08. The molecule has 9 heteroatoms. The first-order valence-corrected chi connectivity index (χ1v) is 8.98. The molecule has 0 bridgehead atoms. The predicted molar refractivity (Wildman–Crippen MR) is 96.7 cm³/mol. The van der Waals surface area contributed by atoms with Crippen molar-refractivity contribution in [3.05, 3.63) is 60.4 Å². The Morgan fingerprint density at radius 2 is 1.88 bits per heavy atom. The fourth-order valence-corrected chi connectivity index (χ4v) is 2.67. The molecule has 1 aromatic heterocycles. The Kier molecular flexibility index (Phi) is 5.01. The van der Waals surface area contributed by atoms with Crippen LogP contribution in [0.1, 0.15) is 5.76 Å². The number of fused-ring (bicyclic) bond motifs is 1. The normalized spacial score (nSPS) is 11.7. The number of carbonyl (C=O) groups is 1. The van der Waals surface area contributed by atoms with Gasteiger partial charge in [-0.05, 0) is 35.0 Å². The first-order chi connectivity index (χ1) is 12.4. The molecule has 0 spiro atoms. The summed E-state index contributed by atoms with van der Waals surface area (Å²) in [5.74, 6) is -0.323. The molecule has 0 unspecified atom stereocenters. The summed E-state index contributed by atoms with van der Waals surface area (Å²) in [5, 5.41) is 8.22. The van der Waals surface area contributed by atoms with Gasteiger partial charge in [0, 0.05) is 5.69 Å². The Balaban J connectivity index is 1.53. The number of benzene rings is 2. The van der Waals surface area contributed by atoms with Crippen molar-refractivity contribution >= 4 is 38.7 Å². The molecule has 1 heterocycles. The van der Waals surface area contributed by atoms with Crippen molar-refractivity contribution < 1.29 is 22.2 Å². The molecule has 0 saturated heterocycles. The summed E-state index contributed by atoms with van der Waals surface area (Å²) in [7, 11) is -4.40. The van der Waals surface area contributed by atoms with Crippen molar-refractivity contribution in [2.24, 2.45) is 5.10 Å². The fourth-order valence-electron chi connectivity index (χ4n) is 2.23. The first kappa shape index (κ1) is 17.6. The molecule has 3 aromatic rings. The summed E-state index contributed by atoms with van der Waals surface area (Å²) in [4.78, 5) is 11.8. The van der Waals surface area contributed by atoms with Crippen LogP contribution in [0.3, 0.4) is 0 Å². The minimum Gasteiger partial charge on any atom is -0.441 e. The molecule has 0 saturated carbocycles. The zero-order chi connectivity index (χ0) is 18.6. The first-order valence-electron chi connectivity index (χ1n) is 7.54. The SMILES string of the molecule is O=C(CNc1ccc2ccccc2c1)NN=Cc1ccc(S(=O)(=O)O)o1. The van der Waals surface area contributed by atoms with Crippen LogP contribution in [0.15, 0.2) is 69.2 Å². The smallest absolute Gasteiger partial charge is 0.328 e. The van der Waals surface area contributed by atoms with Crippen molar-refractivity contribution in [1.29, 1.82) is 0 Å². The number of furan rings is 1. The van der Waals surface area contributed by atoms with Crippen LogP contribution in [0.4, 0.5) is 5.69 Å². The number of carbonyl (C=O) groups excluding carboxylic acids is 1. The summed E-state index contributed by atoms with van der Waals surface area (Å²) in [6.07, 6.45) is 1.13. The van der Waals surface area contributed by atoms with E-state index >= 15 is 0 Å². The molecule has 3 rings (SSSR count). The summed E-state index contributed by atoms with van der Waals surface area (Å²) < 4.78 is 35.4. The van der Waals surface area contributed by atoms with E-state index in [1.165, 1.54) is 6.07 Å². The molecule has 3 N–H and O–H groups in total. The van der Waals surface area contributed by atoms with Gasteiger partial charge in [-0.25, -0.2) is 5.43 Å². The van der Waals surface area contributed by atoms with Gasteiger partial charge in [0.25, 0.3) is 5.91 Å². The molecule has 1 amide bonds. The molecule has 0 aliphatic carbocycles. The van der Waals surface area contributed by atoms with Gasteiger partial charge in [0.05, 0.1) is 12.8 Å². The van der Waals surface area contributed by atoms with Gasteiger partial charge in [0.15, 0.2) is 0 Å². The lowest BCUT2D eigenvalue weighted by Gasteiger charge is -2.06. The van der Waals surface area contributed by atoms with Gasteiger partial charge in [-0.2, -0.15) is 13.5 Å². The van der Waals surface area contributed by atoms with E-state index < -0.39 is 21.1 Å². The Morgan fingerprint density at radius 3 is 2.62 bits per heavy atom. The van der Waals surface area contributed by atoms with Crippen LogP contribution in [0.5, 0.6) is 0 Å². The standard InChI is InChI=1S/C17H15N3O5S/c21-16(20-19-10-15-7-8-17(25-15)26(22,23)24)11-18-14-6-5-12-3-1-2-4-13(12)9-14/h1-10,18H,11H2,(H,20,21)(H,22,23,24). The minimum absolute atomic E-state index is 0.00407. The number of hydrogen-bond acceptors (Lipinski definition) is 6. The summed E-state index contributed by atoms with van der Waals surface area (Å²) in [6, 6.07) is 16.0. The van der Waals surface area contributed by atoms with Gasteiger partial charge in [-0.15, -0.1) is 0 Å². The molecular formula is C17H15N3O5S. The maximum absolute atomic E-state index is 11.8. The quantitative estimate of drug-likeness (QED) is 0.346. The molecule has 2 aromatic carbocycles. The summed E-state index contributed by atoms with van der Waals surface area (Å²) in [6.45, 7) is 0.00407. The average molecular weight is 373 g/mol. The third-order valence-electron chi connectivity index (χ3n) is 3.44. The lowest BCUT2D eigenvalue weighted by molar-refractivity contribution is -0.119. The van der Waals surface area contributed by atoms with E-state index in [0.29, 0.717) is 0 Å². The van der Waals surface area contributed by atoms with Gasteiger partial charge in [-0.3, -0.25) is 9.35 Å². The number of hydrogen-bond donors (Lipinski definition) is 3. The fraction of sp³-hybridized carbons (Fsp3) is 0.0588. The Morgan fingerprint density at radius 1 is 1.12 bits per heavy atom. The van der Waals surface area contributed by atoms with E-state index in [0.717, 1.165) is 28.7 Å². The monoisotopic (exact) mass is 373 g/mol. The molecule has 8 nitrogen and oxygen atoms in total. The highest BCUT2D eigenvalue weighted by Gasteiger charge is 2.14. The van der Waals surface area contributed by atoms with Crippen LogP contribution in [-0.2, 0) is 14.9 Å². The Bertz CT molecular complexity index is 1070. The van der Waals surface area contributed by atoms with Gasteiger partial charge in [-0.1, -0.05) is 30.3 Å². The Hall–Kier alpha value is -3.17. The van der Waals surface area contributed by atoms with E-state index in [9.17, 15) is 13.2 Å².